The predicted molar refractivity (Wildman–Crippen MR) is 103 cm³/mol. The molecular weight excluding hydrogens is 368 g/mol. The van der Waals surface area contributed by atoms with Crippen molar-refractivity contribution in [3.63, 3.8) is 0 Å². The second-order valence-corrected chi connectivity index (χ2v) is 7.96. The lowest BCUT2D eigenvalue weighted by atomic mass is 10.1. The van der Waals surface area contributed by atoms with Crippen LogP contribution in [-0.4, -0.2) is 24.1 Å². The van der Waals surface area contributed by atoms with E-state index < -0.39 is 0 Å². The van der Waals surface area contributed by atoms with Gasteiger partial charge in [0.05, 0.1) is 16.6 Å². The minimum absolute atomic E-state index is 0.106. The average Bonchev–Trinajstić information content (AvgIpc) is 3.30. The zero-order chi connectivity index (χ0) is 18.1. The van der Waals surface area contributed by atoms with Gasteiger partial charge in [0.2, 0.25) is 0 Å². The molecule has 7 heteroatoms. The van der Waals surface area contributed by atoms with E-state index in [1.807, 2.05) is 49.6 Å². The topological polar surface area (TPSA) is 60.5 Å². The zero-order valence-corrected chi connectivity index (χ0v) is 16.1. The van der Waals surface area contributed by atoms with E-state index in [1.165, 1.54) is 11.3 Å². The Balaban J connectivity index is 1.51. The van der Waals surface area contributed by atoms with Gasteiger partial charge in [-0.3, -0.25) is 4.79 Å². The van der Waals surface area contributed by atoms with Gasteiger partial charge in [-0.1, -0.05) is 12.1 Å². The highest BCUT2D eigenvalue weighted by Gasteiger charge is 2.20. The first-order valence-corrected chi connectivity index (χ1v) is 10.0. The molecule has 0 aliphatic carbocycles. The monoisotopic (exact) mass is 386 g/mol. The van der Waals surface area contributed by atoms with Crippen molar-refractivity contribution >= 4 is 28.6 Å². The molecule has 1 aliphatic heterocycles. The van der Waals surface area contributed by atoms with Gasteiger partial charge < -0.3 is 14.8 Å². The quantitative estimate of drug-likeness (QED) is 0.720. The number of thiazole rings is 1. The molecule has 0 bridgehead atoms. The smallest absolute Gasteiger partial charge is 0.263 e. The Hall–Kier alpha value is -2.38. The molecule has 1 N–H and O–H groups in total. The van der Waals surface area contributed by atoms with Gasteiger partial charge in [0.1, 0.15) is 23.1 Å². The van der Waals surface area contributed by atoms with Crippen molar-refractivity contribution in [3.8, 4) is 21.4 Å². The fourth-order valence-corrected chi connectivity index (χ4v) is 4.55. The van der Waals surface area contributed by atoms with Crippen LogP contribution in [0.5, 0.6) is 11.5 Å². The van der Waals surface area contributed by atoms with Crippen molar-refractivity contribution < 1.29 is 14.3 Å². The molecule has 1 aromatic carbocycles. The van der Waals surface area contributed by atoms with E-state index in [1.54, 1.807) is 11.3 Å². The summed E-state index contributed by atoms with van der Waals surface area (Å²) in [6, 6.07) is 9.62. The highest BCUT2D eigenvalue weighted by Crippen LogP contribution is 2.34. The number of nitrogens with one attached hydrogen (secondary N) is 1. The molecule has 0 saturated carbocycles. The number of rotatable bonds is 4. The number of benzene rings is 1. The maximum atomic E-state index is 12.7. The SMILES string of the molecule is Cc1nc(-c2cccs2)sc1C(=O)NC(C)c1ccc2c(c1)OCCO2. The summed E-state index contributed by atoms with van der Waals surface area (Å²) in [5, 5.41) is 5.95. The van der Waals surface area contributed by atoms with Crippen LogP contribution in [0.1, 0.15) is 33.9 Å². The van der Waals surface area contributed by atoms with E-state index in [2.05, 4.69) is 10.3 Å². The van der Waals surface area contributed by atoms with Gasteiger partial charge in [-0.25, -0.2) is 4.98 Å². The number of aromatic nitrogens is 1. The van der Waals surface area contributed by atoms with Gasteiger partial charge in [-0.2, -0.15) is 0 Å². The first-order valence-electron chi connectivity index (χ1n) is 8.33. The summed E-state index contributed by atoms with van der Waals surface area (Å²) in [7, 11) is 0. The molecule has 134 valence electrons. The van der Waals surface area contributed by atoms with E-state index in [-0.39, 0.29) is 11.9 Å². The Labute approximate surface area is 159 Å². The summed E-state index contributed by atoms with van der Waals surface area (Å²) in [5.74, 6) is 1.37. The number of ether oxygens (including phenoxy) is 2. The Bertz CT molecular complexity index is 934. The number of nitrogens with zero attached hydrogens (tertiary/aromatic N) is 1. The highest BCUT2D eigenvalue weighted by molar-refractivity contribution is 7.22. The van der Waals surface area contributed by atoms with Crippen molar-refractivity contribution in [1.82, 2.24) is 10.3 Å². The Morgan fingerprint density at radius 3 is 2.81 bits per heavy atom. The third-order valence-corrected chi connectivity index (χ3v) is 6.34. The molecule has 4 rings (SSSR count). The van der Waals surface area contributed by atoms with Crippen molar-refractivity contribution in [2.45, 2.75) is 19.9 Å². The number of hydrogen-bond donors (Lipinski definition) is 1. The summed E-state index contributed by atoms with van der Waals surface area (Å²) < 4.78 is 11.2. The molecule has 1 atom stereocenters. The largest absolute Gasteiger partial charge is 0.486 e. The summed E-state index contributed by atoms with van der Waals surface area (Å²) >= 11 is 3.05. The molecule has 0 saturated heterocycles. The second-order valence-electron chi connectivity index (χ2n) is 6.01. The van der Waals surface area contributed by atoms with Crippen LogP contribution >= 0.6 is 22.7 Å². The maximum Gasteiger partial charge on any atom is 0.263 e. The average molecular weight is 386 g/mol. The molecule has 1 aliphatic rings. The summed E-state index contributed by atoms with van der Waals surface area (Å²) in [6.45, 7) is 4.94. The summed E-state index contributed by atoms with van der Waals surface area (Å²) in [4.78, 5) is 19.0. The standard InChI is InChI=1S/C19H18N2O3S2/c1-11(13-5-6-14-15(10-13)24-8-7-23-14)20-18(22)17-12(2)21-19(26-17)16-4-3-9-25-16/h3-6,9-11H,7-8H2,1-2H3,(H,20,22). The first kappa shape index (κ1) is 17.1. The second kappa shape index (κ2) is 7.09. The minimum Gasteiger partial charge on any atom is -0.486 e. The van der Waals surface area contributed by atoms with E-state index >= 15 is 0 Å². The van der Waals surface area contributed by atoms with Crippen LogP contribution in [0.25, 0.3) is 9.88 Å². The van der Waals surface area contributed by atoms with Gasteiger partial charge in [-0.05, 0) is 43.0 Å². The third kappa shape index (κ3) is 3.32. The van der Waals surface area contributed by atoms with E-state index in [9.17, 15) is 4.79 Å². The van der Waals surface area contributed by atoms with Gasteiger partial charge in [0.15, 0.2) is 11.5 Å². The highest BCUT2D eigenvalue weighted by atomic mass is 32.1. The molecule has 0 radical (unpaired) electrons. The lowest BCUT2D eigenvalue weighted by Gasteiger charge is -2.21. The molecule has 3 aromatic rings. The number of carbonyl (C=O) groups is 1. The van der Waals surface area contributed by atoms with Crippen LogP contribution in [0.2, 0.25) is 0 Å². The van der Waals surface area contributed by atoms with Crippen molar-refractivity contribution in [2.75, 3.05) is 13.2 Å². The number of aryl methyl sites for hydroxylation is 1. The van der Waals surface area contributed by atoms with Crippen molar-refractivity contribution in [1.29, 1.82) is 0 Å². The number of fused-ring (bicyclic) bond motifs is 1. The molecule has 5 nitrogen and oxygen atoms in total. The summed E-state index contributed by atoms with van der Waals surface area (Å²) in [5.41, 5.74) is 1.73. The number of carbonyl (C=O) groups excluding carboxylic acids is 1. The fraction of sp³-hybridized carbons (Fsp3) is 0.263. The number of amides is 1. The molecule has 26 heavy (non-hydrogen) atoms. The van der Waals surface area contributed by atoms with Gasteiger partial charge >= 0.3 is 0 Å². The van der Waals surface area contributed by atoms with Gasteiger partial charge in [0.25, 0.3) is 5.91 Å². The molecular formula is C19H18N2O3S2. The molecule has 3 heterocycles. The predicted octanol–water partition coefficient (Wildman–Crippen LogP) is 4.44. The lowest BCUT2D eigenvalue weighted by Crippen LogP contribution is -2.26. The number of hydrogen-bond acceptors (Lipinski definition) is 6. The van der Waals surface area contributed by atoms with Crippen LogP contribution in [0.3, 0.4) is 0 Å². The normalized spacial score (nSPS) is 14.1. The Kier molecular flexibility index (Phi) is 4.65. The molecule has 0 spiro atoms. The summed E-state index contributed by atoms with van der Waals surface area (Å²) in [6.07, 6.45) is 0. The van der Waals surface area contributed by atoms with E-state index in [0.717, 1.165) is 32.6 Å². The minimum atomic E-state index is -0.148. The van der Waals surface area contributed by atoms with Crippen LogP contribution < -0.4 is 14.8 Å². The molecule has 1 amide bonds. The number of thiophene rings is 1. The van der Waals surface area contributed by atoms with Crippen LogP contribution in [0.4, 0.5) is 0 Å². The van der Waals surface area contributed by atoms with Crippen LogP contribution in [-0.2, 0) is 0 Å². The zero-order valence-electron chi connectivity index (χ0n) is 14.4. The van der Waals surface area contributed by atoms with E-state index in [0.29, 0.717) is 18.1 Å². The van der Waals surface area contributed by atoms with Crippen molar-refractivity contribution in [3.05, 3.63) is 51.8 Å². The van der Waals surface area contributed by atoms with Crippen LogP contribution in [0.15, 0.2) is 35.7 Å². The Morgan fingerprint density at radius 1 is 1.23 bits per heavy atom. The molecule has 1 unspecified atom stereocenters. The maximum absolute atomic E-state index is 12.7. The van der Waals surface area contributed by atoms with E-state index in [4.69, 9.17) is 9.47 Å². The van der Waals surface area contributed by atoms with Gasteiger partial charge in [0, 0.05) is 0 Å². The first-order chi connectivity index (χ1) is 12.6. The van der Waals surface area contributed by atoms with Crippen LogP contribution in [0, 0.1) is 6.92 Å². The third-order valence-electron chi connectivity index (χ3n) is 4.15. The Morgan fingerprint density at radius 2 is 2.04 bits per heavy atom. The molecule has 2 aromatic heterocycles. The fourth-order valence-electron chi connectivity index (χ4n) is 2.79. The lowest BCUT2D eigenvalue weighted by molar-refractivity contribution is 0.0943. The van der Waals surface area contributed by atoms with Crippen molar-refractivity contribution in [2.24, 2.45) is 0 Å². The molecule has 0 fully saturated rings. The van der Waals surface area contributed by atoms with Gasteiger partial charge in [-0.15, -0.1) is 22.7 Å².